The van der Waals surface area contributed by atoms with Crippen molar-refractivity contribution in [2.24, 2.45) is 4.99 Å². The van der Waals surface area contributed by atoms with Crippen LogP contribution < -0.4 is 16.0 Å². The number of rotatable bonds is 10. The highest BCUT2D eigenvalue weighted by Gasteiger charge is 2.04. The van der Waals surface area contributed by atoms with Crippen molar-refractivity contribution in [1.82, 2.24) is 16.0 Å². The van der Waals surface area contributed by atoms with Gasteiger partial charge in [0.05, 0.1) is 6.26 Å². The highest BCUT2D eigenvalue weighted by Crippen LogP contribution is 2.03. The molecule has 0 spiro atoms. The fourth-order valence-electron chi connectivity index (χ4n) is 2.41. The van der Waals surface area contributed by atoms with Crippen LogP contribution in [0.1, 0.15) is 28.1 Å². The predicted octanol–water partition coefficient (Wildman–Crippen LogP) is 2.09. The van der Waals surface area contributed by atoms with Crippen LogP contribution in [0, 0.1) is 6.92 Å². The molecular formula is C20H28N4O3. The molecule has 0 saturated heterocycles. The first kappa shape index (κ1) is 20.5. The van der Waals surface area contributed by atoms with Gasteiger partial charge in [0.1, 0.15) is 12.4 Å². The van der Waals surface area contributed by atoms with Gasteiger partial charge in [-0.15, -0.1) is 0 Å². The van der Waals surface area contributed by atoms with Crippen molar-refractivity contribution in [3.8, 4) is 0 Å². The maximum Gasteiger partial charge on any atom is 0.251 e. The Bertz CT molecular complexity index is 714. The molecule has 146 valence electrons. The molecule has 0 saturated carbocycles. The second-order valence-electron chi connectivity index (χ2n) is 6.04. The van der Waals surface area contributed by atoms with Gasteiger partial charge in [0.15, 0.2) is 5.96 Å². The third-order valence-corrected chi connectivity index (χ3v) is 3.79. The van der Waals surface area contributed by atoms with E-state index in [9.17, 15) is 4.79 Å². The molecule has 0 aliphatic rings. The Morgan fingerprint density at radius 2 is 1.93 bits per heavy atom. The molecule has 7 nitrogen and oxygen atoms in total. The molecule has 1 aromatic heterocycles. The number of guanidine groups is 1. The van der Waals surface area contributed by atoms with Crippen molar-refractivity contribution >= 4 is 11.9 Å². The van der Waals surface area contributed by atoms with Gasteiger partial charge in [-0.2, -0.15) is 0 Å². The number of aliphatic imine (C=N–C) groups is 1. The van der Waals surface area contributed by atoms with Crippen molar-refractivity contribution in [1.29, 1.82) is 0 Å². The molecule has 0 aliphatic carbocycles. The first-order chi connectivity index (χ1) is 13.2. The molecule has 1 amide bonds. The van der Waals surface area contributed by atoms with Crippen LogP contribution in [0.5, 0.6) is 0 Å². The molecule has 0 radical (unpaired) electrons. The zero-order chi connectivity index (χ0) is 19.3. The van der Waals surface area contributed by atoms with Crippen molar-refractivity contribution in [2.45, 2.75) is 20.0 Å². The summed E-state index contributed by atoms with van der Waals surface area (Å²) < 4.78 is 10.7. The maximum absolute atomic E-state index is 12.1. The highest BCUT2D eigenvalue weighted by atomic mass is 16.5. The Kier molecular flexibility index (Phi) is 8.92. The average molecular weight is 372 g/mol. The number of hydrogen-bond donors (Lipinski definition) is 3. The van der Waals surface area contributed by atoms with Crippen LogP contribution in [0.25, 0.3) is 0 Å². The van der Waals surface area contributed by atoms with Crippen LogP contribution in [0.15, 0.2) is 52.1 Å². The number of ether oxygens (including phenoxy) is 1. The lowest BCUT2D eigenvalue weighted by atomic mass is 10.1. The Balaban J connectivity index is 1.52. The number of benzene rings is 1. The summed E-state index contributed by atoms with van der Waals surface area (Å²) >= 11 is 0. The van der Waals surface area contributed by atoms with E-state index < -0.39 is 0 Å². The average Bonchev–Trinajstić information content (AvgIpc) is 3.19. The van der Waals surface area contributed by atoms with Gasteiger partial charge in [-0.25, -0.2) is 0 Å². The van der Waals surface area contributed by atoms with E-state index in [0.717, 1.165) is 24.3 Å². The van der Waals surface area contributed by atoms with E-state index in [-0.39, 0.29) is 5.91 Å². The molecule has 0 aliphatic heterocycles. The molecule has 0 atom stereocenters. The minimum atomic E-state index is -0.0721. The Hall–Kier alpha value is -2.80. The van der Waals surface area contributed by atoms with E-state index in [4.69, 9.17) is 9.15 Å². The number of carbonyl (C=O) groups is 1. The quantitative estimate of drug-likeness (QED) is 0.338. The zero-order valence-corrected chi connectivity index (χ0v) is 16.0. The number of hydrogen-bond acceptors (Lipinski definition) is 4. The Morgan fingerprint density at radius 3 is 2.67 bits per heavy atom. The van der Waals surface area contributed by atoms with Crippen molar-refractivity contribution in [3.63, 3.8) is 0 Å². The SMILES string of the molecule is CN=C(NCCCOCc1ccco1)NCCNC(=O)c1cccc(C)c1. The van der Waals surface area contributed by atoms with E-state index in [1.807, 2.05) is 43.3 Å². The fraction of sp³-hybridized carbons (Fsp3) is 0.400. The molecule has 1 heterocycles. The number of carbonyl (C=O) groups excluding carboxylic acids is 1. The predicted molar refractivity (Wildman–Crippen MR) is 106 cm³/mol. The van der Waals surface area contributed by atoms with E-state index >= 15 is 0 Å². The van der Waals surface area contributed by atoms with Crippen LogP contribution in [0.3, 0.4) is 0 Å². The van der Waals surface area contributed by atoms with Crippen molar-refractivity contribution < 1.29 is 13.9 Å². The molecule has 27 heavy (non-hydrogen) atoms. The lowest BCUT2D eigenvalue weighted by Gasteiger charge is -2.12. The molecule has 2 aromatic rings. The van der Waals surface area contributed by atoms with Gasteiger partial charge in [0.25, 0.3) is 5.91 Å². The smallest absolute Gasteiger partial charge is 0.251 e. The molecule has 1 aromatic carbocycles. The summed E-state index contributed by atoms with van der Waals surface area (Å²) in [7, 11) is 1.72. The third kappa shape index (κ3) is 7.96. The molecular weight excluding hydrogens is 344 g/mol. The van der Waals surface area contributed by atoms with Gasteiger partial charge in [-0.3, -0.25) is 9.79 Å². The standard InChI is InChI=1S/C20H28N4O3/c1-16-6-3-7-17(14-16)19(25)22-10-11-24-20(21-2)23-9-5-12-26-15-18-8-4-13-27-18/h3-4,6-8,13-14H,5,9-12,15H2,1-2H3,(H,22,25)(H2,21,23,24). The van der Waals surface area contributed by atoms with Gasteiger partial charge in [-0.05, 0) is 37.6 Å². The fourth-order valence-corrected chi connectivity index (χ4v) is 2.41. The summed E-state index contributed by atoms with van der Waals surface area (Å²) in [6.07, 6.45) is 2.49. The molecule has 7 heteroatoms. The summed E-state index contributed by atoms with van der Waals surface area (Å²) in [6, 6.07) is 11.3. The first-order valence-corrected chi connectivity index (χ1v) is 9.08. The number of nitrogens with one attached hydrogen (secondary N) is 3. The molecule has 0 unspecified atom stereocenters. The molecule has 3 N–H and O–H groups in total. The Morgan fingerprint density at radius 1 is 1.11 bits per heavy atom. The Labute approximate surface area is 160 Å². The van der Waals surface area contributed by atoms with Crippen LogP contribution in [0.2, 0.25) is 0 Å². The second kappa shape index (κ2) is 11.7. The van der Waals surface area contributed by atoms with Gasteiger partial charge in [0.2, 0.25) is 0 Å². The van der Waals surface area contributed by atoms with Gasteiger partial charge < -0.3 is 25.1 Å². The van der Waals surface area contributed by atoms with Crippen molar-refractivity contribution in [2.75, 3.05) is 33.3 Å². The molecule has 0 bridgehead atoms. The normalized spacial score (nSPS) is 11.3. The first-order valence-electron chi connectivity index (χ1n) is 9.08. The number of amides is 1. The maximum atomic E-state index is 12.1. The largest absolute Gasteiger partial charge is 0.467 e. The van der Waals surface area contributed by atoms with Gasteiger partial charge in [-0.1, -0.05) is 17.7 Å². The van der Waals surface area contributed by atoms with Crippen molar-refractivity contribution in [3.05, 3.63) is 59.5 Å². The van der Waals surface area contributed by atoms with Crippen LogP contribution in [0.4, 0.5) is 0 Å². The zero-order valence-electron chi connectivity index (χ0n) is 16.0. The second-order valence-corrected chi connectivity index (χ2v) is 6.04. The van der Waals surface area contributed by atoms with E-state index in [2.05, 4.69) is 20.9 Å². The minimum absolute atomic E-state index is 0.0721. The third-order valence-electron chi connectivity index (χ3n) is 3.79. The van der Waals surface area contributed by atoms with E-state index in [1.54, 1.807) is 13.3 Å². The van der Waals surface area contributed by atoms with E-state index in [1.165, 1.54) is 0 Å². The lowest BCUT2D eigenvalue weighted by molar-refractivity contribution is 0.0954. The number of nitrogens with zero attached hydrogens (tertiary/aromatic N) is 1. The van der Waals surface area contributed by atoms with Crippen LogP contribution >= 0.6 is 0 Å². The summed E-state index contributed by atoms with van der Waals surface area (Å²) in [5.41, 5.74) is 1.74. The summed E-state index contributed by atoms with van der Waals surface area (Å²) in [4.78, 5) is 16.2. The number of furan rings is 1. The summed E-state index contributed by atoms with van der Waals surface area (Å²) in [6.45, 7) is 4.94. The monoisotopic (exact) mass is 372 g/mol. The van der Waals surface area contributed by atoms with Gasteiger partial charge in [0, 0.05) is 38.9 Å². The summed E-state index contributed by atoms with van der Waals surface area (Å²) in [5.74, 6) is 1.45. The highest BCUT2D eigenvalue weighted by molar-refractivity contribution is 5.94. The van der Waals surface area contributed by atoms with Crippen LogP contribution in [-0.2, 0) is 11.3 Å². The minimum Gasteiger partial charge on any atom is -0.467 e. The molecule has 2 rings (SSSR count). The van der Waals surface area contributed by atoms with Gasteiger partial charge >= 0.3 is 0 Å². The van der Waals surface area contributed by atoms with Crippen LogP contribution in [-0.4, -0.2) is 45.2 Å². The number of aryl methyl sites for hydroxylation is 1. The lowest BCUT2D eigenvalue weighted by Crippen LogP contribution is -2.42. The molecule has 0 fully saturated rings. The summed E-state index contributed by atoms with van der Waals surface area (Å²) in [5, 5.41) is 9.27. The van der Waals surface area contributed by atoms with E-state index in [0.29, 0.717) is 37.8 Å². The topological polar surface area (TPSA) is 87.9 Å².